The van der Waals surface area contributed by atoms with E-state index in [9.17, 15) is 4.79 Å². The predicted molar refractivity (Wildman–Crippen MR) is 88.5 cm³/mol. The number of carbonyl (C=O) groups is 1. The number of ether oxygens (including phenoxy) is 1. The summed E-state index contributed by atoms with van der Waals surface area (Å²) in [6.07, 6.45) is 1.60. The number of methoxy groups -OCH3 is 1. The van der Waals surface area contributed by atoms with Gasteiger partial charge >= 0.3 is 0 Å². The lowest BCUT2D eigenvalue weighted by Crippen LogP contribution is -2.25. The van der Waals surface area contributed by atoms with Crippen molar-refractivity contribution in [1.82, 2.24) is 20.1 Å². The molecule has 2 heterocycles. The smallest absolute Gasteiger partial charge is 0.269 e. The Kier molecular flexibility index (Phi) is 4.38. The van der Waals surface area contributed by atoms with Crippen molar-refractivity contribution in [3.63, 3.8) is 0 Å². The van der Waals surface area contributed by atoms with Crippen LogP contribution in [-0.4, -0.2) is 27.8 Å². The molecule has 0 unspecified atom stereocenters. The summed E-state index contributed by atoms with van der Waals surface area (Å²) in [4.78, 5) is 16.6. The normalized spacial score (nSPS) is 10.5. The van der Waals surface area contributed by atoms with Crippen LogP contribution < -0.4 is 10.1 Å². The molecule has 0 aliphatic carbocycles. The second kappa shape index (κ2) is 6.62. The lowest BCUT2D eigenvalue weighted by atomic mass is 10.2. The number of hydrogen-bond donors (Lipinski definition) is 1. The van der Waals surface area contributed by atoms with E-state index in [2.05, 4.69) is 15.4 Å². The Hall–Kier alpha value is -2.67. The average Bonchev–Trinajstić information content (AvgIpc) is 3.22. The molecule has 1 amide bonds. The first-order chi connectivity index (χ1) is 11.2. The Morgan fingerprint density at radius 3 is 2.74 bits per heavy atom. The number of rotatable bonds is 5. The highest BCUT2D eigenvalue weighted by atomic mass is 32.1. The minimum Gasteiger partial charge on any atom is -0.497 e. The molecule has 0 saturated heterocycles. The van der Waals surface area contributed by atoms with E-state index in [1.807, 2.05) is 29.6 Å². The first-order valence-electron chi connectivity index (χ1n) is 7.02. The summed E-state index contributed by atoms with van der Waals surface area (Å²) in [6, 6.07) is 9.41. The monoisotopic (exact) mass is 328 g/mol. The fourth-order valence-corrected chi connectivity index (χ4v) is 2.87. The van der Waals surface area contributed by atoms with E-state index in [1.165, 1.54) is 11.3 Å². The molecule has 23 heavy (non-hydrogen) atoms. The van der Waals surface area contributed by atoms with Crippen molar-refractivity contribution in [2.24, 2.45) is 7.05 Å². The maximum atomic E-state index is 12.0. The van der Waals surface area contributed by atoms with Gasteiger partial charge in [0.1, 0.15) is 16.5 Å². The maximum absolute atomic E-state index is 12.0. The molecule has 0 radical (unpaired) electrons. The number of aryl methyl sites for hydroxylation is 1. The Balaban J connectivity index is 1.65. The van der Waals surface area contributed by atoms with Gasteiger partial charge in [-0.3, -0.25) is 9.48 Å². The number of thiazole rings is 1. The summed E-state index contributed by atoms with van der Waals surface area (Å²) in [5.41, 5.74) is 2.44. The highest BCUT2D eigenvalue weighted by molar-refractivity contribution is 7.09. The summed E-state index contributed by atoms with van der Waals surface area (Å²) in [5, 5.41) is 9.67. The zero-order valence-electron chi connectivity index (χ0n) is 12.8. The van der Waals surface area contributed by atoms with Crippen LogP contribution in [0.3, 0.4) is 0 Å². The fourth-order valence-electron chi connectivity index (χ4n) is 2.13. The second-order valence-electron chi connectivity index (χ2n) is 4.88. The molecule has 0 spiro atoms. The minimum absolute atomic E-state index is 0.161. The molecular formula is C16H16N4O2S. The number of benzene rings is 1. The Bertz CT molecular complexity index is 808. The van der Waals surface area contributed by atoms with E-state index in [1.54, 1.807) is 31.1 Å². The largest absolute Gasteiger partial charge is 0.497 e. The highest BCUT2D eigenvalue weighted by Crippen LogP contribution is 2.24. The molecule has 0 aliphatic rings. The van der Waals surface area contributed by atoms with Crippen LogP contribution in [0.25, 0.3) is 11.3 Å². The summed E-state index contributed by atoms with van der Waals surface area (Å²) >= 11 is 1.52. The van der Waals surface area contributed by atoms with Crippen LogP contribution in [0.15, 0.2) is 41.9 Å². The van der Waals surface area contributed by atoms with E-state index in [0.717, 1.165) is 22.0 Å². The van der Waals surface area contributed by atoms with E-state index in [4.69, 9.17) is 4.74 Å². The zero-order chi connectivity index (χ0) is 16.2. The van der Waals surface area contributed by atoms with Gasteiger partial charge in [-0.1, -0.05) is 0 Å². The molecule has 1 aromatic carbocycles. The van der Waals surface area contributed by atoms with Crippen molar-refractivity contribution in [1.29, 1.82) is 0 Å². The van der Waals surface area contributed by atoms with Crippen molar-refractivity contribution in [3.8, 4) is 17.0 Å². The molecule has 3 aromatic rings. The van der Waals surface area contributed by atoms with Gasteiger partial charge in [0, 0.05) is 24.2 Å². The van der Waals surface area contributed by atoms with Crippen LogP contribution in [0.2, 0.25) is 0 Å². The van der Waals surface area contributed by atoms with Crippen LogP contribution >= 0.6 is 11.3 Å². The standard InChI is InChI=1S/C16H16N4O2S/c1-20-14(7-8-18-20)16(21)17-9-15-19-13(10-23-15)11-3-5-12(22-2)6-4-11/h3-8,10H,9H2,1-2H3,(H,17,21). The highest BCUT2D eigenvalue weighted by Gasteiger charge is 2.11. The van der Waals surface area contributed by atoms with Gasteiger partial charge in [-0.15, -0.1) is 11.3 Å². The molecule has 7 heteroatoms. The van der Waals surface area contributed by atoms with Gasteiger partial charge in [0.2, 0.25) is 0 Å². The third kappa shape index (κ3) is 3.40. The molecule has 0 saturated carbocycles. The van der Waals surface area contributed by atoms with Crippen LogP contribution in [-0.2, 0) is 13.6 Å². The zero-order valence-corrected chi connectivity index (χ0v) is 13.6. The summed E-state index contributed by atoms with van der Waals surface area (Å²) in [6.45, 7) is 0.394. The molecule has 0 aliphatic heterocycles. The average molecular weight is 328 g/mol. The van der Waals surface area contributed by atoms with Gasteiger partial charge in [-0.05, 0) is 30.3 Å². The number of hydrogen-bond acceptors (Lipinski definition) is 5. The molecule has 2 aromatic heterocycles. The van der Waals surface area contributed by atoms with Gasteiger partial charge in [-0.2, -0.15) is 5.10 Å². The quantitative estimate of drug-likeness (QED) is 0.781. The van der Waals surface area contributed by atoms with Crippen LogP contribution in [0, 0.1) is 0 Å². The third-order valence-electron chi connectivity index (χ3n) is 3.39. The van der Waals surface area contributed by atoms with Crippen molar-refractivity contribution in [2.75, 3.05) is 7.11 Å². The van der Waals surface area contributed by atoms with Crippen molar-refractivity contribution in [3.05, 3.63) is 52.6 Å². The molecule has 0 atom stereocenters. The predicted octanol–water partition coefficient (Wildman–Crippen LogP) is 2.48. The number of nitrogens with one attached hydrogen (secondary N) is 1. The van der Waals surface area contributed by atoms with Gasteiger partial charge < -0.3 is 10.1 Å². The van der Waals surface area contributed by atoms with Gasteiger partial charge in [-0.25, -0.2) is 4.98 Å². The second-order valence-corrected chi connectivity index (χ2v) is 5.82. The van der Waals surface area contributed by atoms with Gasteiger partial charge in [0.15, 0.2) is 0 Å². The number of amides is 1. The Labute approximate surface area is 137 Å². The van der Waals surface area contributed by atoms with Crippen molar-refractivity contribution in [2.45, 2.75) is 6.54 Å². The molecule has 6 nitrogen and oxygen atoms in total. The number of carbonyl (C=O) groups excluding carboxylic acids is 1. The van der Waals surface area contributed by atoms with E-state index in [-0.39, 0.29) is 5.91 Å². The molecular weight excluding hydrogens is 312 g/mol. The fraction of sp³-hybridized carbons (Fsp3) is 0.188. The van der Waals surface area contributed by atoms with Gasteiger partial charge in [0.05, 0.1) is 19.3 Å². The molecule has 0 bridgehead atoms. The summed E-state index contributed by atoms with van der Waals surface area (Å²) in [5.74, 6) is 0.652. The number of nitrogens with zero attached hydrogens (tertiary/aromatic N) is 3. The molecule has 0 fully saturated rings. The van der Waals surface area contributed by atoms with Crippen LogP contribution in [0.4, 0.5) is 0 Å². The van der Waals surface area contributed by atoms with Crippen LogP contribution in [0.1, 0.15) is 15.5 Å². The summed E-state index contributed by atoms with van der Waals surface area (Å²) in [7, 11) is 3.38. The van der Waals surface area contributed by atoms with Crippen LogP contribution in [0.5, 0.6) is 5.75 Å². The summed E-state index contributed by atoms with van der Waals surface area (Å²) < 4.78 is 6.69. The lowest BCUT2D eigenvalue weighted by Gasteiger charge is -2.03. The van der Waals surface area contributed by atoms with Gasteiger partial charge in [0.25, 0.3) is 5.91 Å². The maximum Gasteiger partial charge on any atom is 0.269 e. The topological polar surface area (TPSA) is 69.0 Å². The Morgan fingerprint density at radius 2 is 2.09 bits per heavy atom. The molecule has 3 rings (SSSR count). The van der Waals surface area contributed by atoms with E-state index < -0.39 is 0 Å². The molecule has 1 N–H and O–H groups in total. The lowest BCUT2D eigenvalue weighted by molar-refractivity contribution is 0.0941. The first kappa shape index (κ1) is 15.2. The van der Waals surface area contributed by atoms with Crippen molar-refractivity contribution >= 4 is 17.2 Å². The first-order valence-corrected chi connectivity index (χ1v) is 7.90. The van der Waals surface area contributed by atoms with E-state index >= 15 is 0 Å². The van der Waals surface area contributed by atoms with Crippen molar-refractivity contribution < 1.29 is 9.53 Å². The molecule has 118 valence electrons. The Morgan fingerprint density at radius 1 is 1.30 bits per heavy atom. The minimum atomic E-state index is -0.161. The van der Waals surface area contributed by atoms with E-state index in [0.29, 0.717) is 12.2 Å². The number of aromatic nitrogens is 3. The third-order valence-corrected chi connectivity index (χ3v) is 4.24. The SMILES string of the molecule is COc1ccc(-c2csc(CNC(=O)c3ccnn3C)n2)cc1.